The van der Waals surface area contributed by atoms with Crippen LogP contribution in [0.1, 0.15) is 32.6 Å². The largest absolute Gasteiger partial charge is 0.492 e. The van der Waals surface area contributed by atoms with Crippen LogP contribution < -0.4 is 10.1 Å². The maximum absolute atomic E-state index is 10.5. The maximum atomic E-state index is 10.5. The smallest absolute Gasteiger partial charge is 0.119 e. The summed E-state index contributed by atoms with van der Waals surface area (Å²) in [4.78, 5) is 0. The van der Waals surface area contributed by atoms with Crippen molar-refractivity contribution >= 4 is 0 Å². The molecule has 0 saturated heterocycles. The highest BCUT2D eigenvalue weighted by atomic mass is 16.5. The van der Waals surface area contributed by atoms with Crippen LogP contribution >= 0.6 is 0 Å². The van der Waals surface area contributed by atoms with E-state index in [9.17, 15) is 5.11 Å². The first kappa shape index (κ1) is 14.4. The number of rotatable bonds is 6. The number of aliphatic hydroxyl groups is 1. The molecule has 0 aromatic heterocycles. The zero-order valence-corrected chi connectivity index (χ0v) is 11.8. The lowest BCUT2D eigenvalue weighted by molar-refractivity contribution is -0.0119. The molecule has 1 aliphatic rings. The summed E-state index contributed by atoms with van der Waals surface area (Å²) >= 11 is 0. The molecule has 3 heteroatoms. The summed E-state index contributed by atoms with van der Waals surface area (Å²) in [5.41, 5.74) is -0.510. The molecule has 1 aromatic rings. The van der Waals surface area contributed by atoms with E-state index in [-0.39, 0.29) is 0 Å². The summed E-state index contributed by atoms with van der Waals surface area (Å²) in [5.74, 6) is 1.54. The van der Waals surface area contributed by atoms with Crippen molar-refractivity contribution in [3.05, 3.63) is 30.3 Å². The predicted octanol–water partition coefficient (Wildman–Crippen LogP) is 2.60. The molecule has 0 amide bonds. The van der Waals surface area contributed by atoms with E-state index in [2.05, 4.69) is 12.2 Å². The molecule has 106 valence electrons. The highest BCUT2D eigenvalue weighted by Crippen LogP contribution is 2.31. The van der Waals surface area contributed by atoms with Gasteiger partial charge in [-0.1, -0.05) is 38.0 Å². The first-order valence-electron chi connectivity index (χ1n) is 7.29. The van der Waals surface area contributed by atoms with E-state index in [1.54, 1.807) is 0 Å². The number of para-hydroxylation sites is 1. The molecule has 0 radical (unpaired) electrons. The molecule has 2 unspecified atom stereocenters. The SMILES string of the molecule is CC1CCCC(O)(CNCCOc2ccccc2)C1. The van der Waals surface area contributed by atoms with E-state index in [4.69, 9.17) is 4.74 Å². The van der Waals surface area contributed by atoms with Gasteiger partial charge in [0.2, 0.25) is 0 Å². The zero-order valence-electron chi connectivity index (χ0n) is 11.8. The Labute approximate surface area is 116 Å². The van der Waals surface area contributed by atoms with E-state index in [1.807, 2.05) is 30.3 Å². The van der Waals surface area contributed by atoms with Gasteiger partial charge in [-0.05, 0) is 30.9 Å². The van der Waals surface area contributed by atoms with E-state index in [0.29, 0.717) is 19.1 Å². The van der Waals surface area contributed by atoms with Crippen molar-refractivity contribution in [3.8, 4) is 5.75 Å². The number of hydrogen-bond donors (Lipinski definition) is 2. The Morgan fingerprint density at radius 2 is 2.16 bits per heavy atom. The van der Waals surface area contributed by atoms with Gasteiger partial charge < -0.3 is 15.2 Å². The maximum Gasteiger partial charge on any atom is 0.119 e. The van der Waals surface area contributed by atoms with Gasteiger partial charge >= 0.3 is 0 Å². The van der Waals surface area contributed by atoms with Crippen molar-refractivity contribution in [1.82, 2.24) is 5.32 Å². The van der Waals surface area contributed by atoms with Crippen LogP contribution in [0.5, 0.6) is 5.75 Å². The summed E-state index contributed by atoms with van der Waals surface area (Å²) < 4.78 is 5.61. The molecular formula is C16H25NO2. The van der Waals surface area contributed by atoms with Crippen LogP contribution in [0.2, 0.25) is 0 Å². The van der Waals surface area contributed by atoms with Crippen LogP contribution in [0.25, 0.3) is 0 Å². The standard InChI is InChI=1S/C16H25NO2/c1-14-6-5-9-16(18,12-14)13-17-10-11-19-15-7-3-2-4-8-15/h2-4,7-8,14,17-18H,5-6,9-13H2,1H3. The fourth-order valence-electron chi connectivity index (χ4n) is 2.87. The number of nitrogens with one attached hydrogen (secondary N) is 1. The molecule has 0 aliphatic heterocycles. The minimum Gasteiger partial charge on any atom is -0.492 e. The Morgan fingerprint density at radius 3 is 2.89 bits per heavy atom. The van der Waals surface area contributed by atoms with Gasteiger partial charge in [-0.2, -0.15) is 0 Å². The Hall–Kier alpha value is -1.06. The number of benzene rings is 1. The average molecular weight is 263 g/mol. The third-order valence-electron chi connectivity index (χ3n) is 3.81. The quantitative estimate of drug-likeness (QED) is 0.775. The molecule has 3 nitrogen and oxygen atoms in total. The lowest BCUT2D eigenvalue weighted by Gasteiger charge is -2.35. The summed E-state index contributed by atoms with van der Waals surface area (Å²) in [5, 5.41) is 13.8. The van der Waals surface area contributed by atoms with Crippen LogP contribution in [0.15, 0.2) is 30.3 Å². The van der Waals surface area contributed by atoms with Crippen molar-refractivity contribution in [2.24, 2.45) is 5.92 Å². The minimum atomic E-state index is -0.510. The normalized spacial score (nSPS) is 27.2. The molecule has 0 bridgehead atoms. The first-order valence-corrected chi connectivity index (χ1v) is 7.29. The Morgan fingerprint density at radius 1 is 1.37 bits per heavy atom. The third kappa shape index (κ3) is 4.84. The van der Waals surface area contributed by atoms with E-state index >= 15 is 0 Å². The predicted molar refractivity (Wildman–Crippen MR) is 77.4 cm³/mol. The van der Waals surface area contributed by atoms with Crippen molar-refractivity contribution in [2.75, 3.05) is 19.7 Å². The Balaban J connectivity index is 1.61. The fraction of sp³-hybridized carbons (Fsp3) is 0.625. The minimum absolute atomic E-state index is 0.510. The second kappa shape index (κ2) is 6.92. The summed E-state index contributed by atoms with van der Waals surface area (Å²) in [7, 11) is 0. The second-order valence-corrected chi connectivity index (χ2v) is 5.76. The Kier molecular flexibility index (Phi) is 5.23. The van der Waals surface area contributed by atoms with Gasteiger partial charge in [0, 0.05) is 13.1 Å². The van der Waals surface area contributed by atoms with Gasteiger partial charge in [0.15, 0.2) is 0 Å². The van der Waals surface area contributed by atoms with Crippen LogP contribution in [0, 0.1) is 5.92 Å². The molecule has 19 heavy (non-hydrogen) atoms. The molecule has 1 aliphatic carbocycles. The molecule has 2 atom stereocenters. The lowest BCUT2D eigenvalue weighted by Crippen LogP contribution is -2.44. The van der Waals surface area contributed by atoms with Gasteiger partial charge in [0.1, 0.15) is 12.4 Å². The monoisotopic (exact) mass is 263 g/mol. The van der Waals surface area contributed by atoms with E-state index < -0.39 is 5.60 Å². The van der Waals surface area contributed by atoms with Crippen molar-refractivity contribution in [3.63, 3.8) is 0 Å². The molecule has 1 fully saturated rings. The number of ether oxygens (including phenoxy) is 1. The van der Waals surface area contributed by atoms with Crippen molar-refractivity contribution in [2.45, 2.75) is 38.2 Å². The third-order valence-corrected chi connectivity index (χ3v) is 3.81. The van der Waals surface area contributed by atoms with Gasteiger partial charge in [0.05, 0.1) is 5.60 Å². The van der Waals surface area contributed by atoms with Gasteiger partial charge in [-0.15, -0.1) is 0 Å². The zero-order chi connectivity index (χ0) is 13.6. The highest BCUT2D eigenvalue weighted by molar-refractivity contribution is 5.20. The molecule has 1 aromatic carbocycles. The fourth-order valence-corrected chi connectivity index (χ4v) is 2.87. The highest BCUT2D eigenvalue weighted by Gasteiger charge is 2.31. The molecule has 0 heterocycles. The lowest BCUT2D eigenvalue weighted by atomic mass is 9.79. The number of hydrogen-bond acceptors (Lipinski definition) is 3. The summed E-state index contributed by atoms with van der Waals surface area (Å²) in [6.45, 7) is 4.30. The van der Waals surface area contributed by atoms with Crippen molar-refractivity contribution < 1.29 is 9.84 Å². The van der Waals surface area contributed by atoms with Crippen LogP contribution in [-0.2, 0) is 0 Å². The van der Waals surface area contributed by atoms with Gasteiger partial charge in [-0.25, -0.2) is 0 Å². The molecule has 1 saturated carbocycles. The topological polar surface area (TPSA) is 41.5 Å². The van der Waals surface area contributed by atoms with Crippen LogP contribution in [0.4, 0.5) is 0 Å². The summed E-state index contributed by atoms with van der Waals surface area (Å²) in [6, 6.07) is 9.82. The van der Waals surface area contributed by atoms with Crippen LogP contribution in [-0.4, -0.2) is 30.4 Å². The Bertz CT molecular complexity index is 368. The van der Waals surface area contributed by atoms with Gasteiger partial charge in [0.25, 0.3) is 0 Å². The molecule has 2 rings (SSSR count). The van der Waals surface area contributed by atoms with E-state index in [1.165, 1.54) is 6.42 Å². The molecule has 2 N–H and O–H groups in total. The van der Waals surface area contributed by atoms with E-state index in [0.717, 1.165) is 31.6 Å². The average Bonchev–Trinajstić information content (AvgIpc) is 2.39. The van der Waals surface area contributed by atoms with Gasteiger partial charge in [-0.3, -0.25) is 0 Å². The molecular weight excluding hydrogens is 238 g/mol. The summed E-state index contributed by atoms with van der Waals surface area (Å²) in [6.07, 6.45) is 4.22. The molecule has 0 spiro atoms. The second-order valence-electron chi connectivity index (χ2n) is 5.76. The van der Waals surface area contributed by atoms with Crippen LogP contribution in [0.3, 0.4) is 0 Å². The van der Waals surface area contributed by atoms with Crippen molar-refractivity contribution in [1.29, 1.82) is 0 Å². The first-order chi connectivity index (χ1) is 9.18.